The molecule has 0 aliphatic heterocycles. The van der Waals surface area contributed by atoms with Gasteiger partial charge < -0.3 is 9.73 Å². The summed E-state index contributed by atoms with van der Waals surface area (Å²) in [7, 11) is 0. The molecule has 0 bridgehead atoms. The fourth-order valence-corrected chi connectivity index (χ4v) is 3.96. The number of furan rings is 1. The van der Waals surface area contributed by atoms with E-state index < -0.39 is 0 Å². The van der Waals surface area contributed by atoms with Crippen LogP contribution in [-0.4, -0.2) is 4.98 Å². The molecule has 2 fully saturated rings. The van der Waals surface area contributed by atoms with Crippen molar-refractivity contribution in [2.45, 2.75) is 51.6 Å². The van der Waals surface area contributed by atoms with Crippen molar-refractivity contribution in [1.82, 2.24) is 10.3 Å². The third-order valence-corrected chi connectivity index (χ3v) is 5.65. The molecule has 0 saturated heterocycles. The standard InChI is InChI=1S/C17H22N2OS/c1-10-7-14(10)15-6-5-13(20-15)9-18-16(12-3-4-12)17-19-8-11(2)21-17/h5-6,8,10,12,14,16,18H,3-4,7,9H2,1-2H3/t10-,14-,16+/m0/s1. The minimum absolute atomic E-state index is 0.400. The van der Waals surface area contributed by atoms with Gasteiger partial charge in [-0.05, 0) is 50.2 Å². The molecule has 1 N–H and O–H groups in total. The van der Waals surface area contributed by atoms with Crippen LogP contribution < -0.4 is 5.32 Å². The lowest BCUT2D eigenvalue weighted by atomic mass is 10.2. The molecule has 4 heteroatoms. The maximum Gasteiger partial charge on any atom is 0.117 e. The van der Waals surface area contributed by atoms with Crippen molar-refractivity contribution in [1.29, 1.82) is 0 Å². The summed E-state index contributed by atoms with van der Waals surface area (Å²) in [5.41, 5.74) is 0. The molecule has 2 saturated carbocycles. The Hall–Kier alpha value is -1.13. The normalized spacial score (nSPS) is 26.0. The molecule has 0 radical (unpaired) electrons. The lowest BCUT2D eigenvalue weighted by Crippen LogP contribution is -2.22. The second-order valence-corrected chi connectivity index (χ2v) is 7.90. The summed E-state index contributed by atoms with van der Waals surface area (Å²) in [6.45, 7) is 5.22. The van der Waals surface area contributed by atoms with Gasteiger partial charge in [0, 0.05) is 17.0 Å². The lowest BCUT2D eigenvalue weighted by Gasteiger charge is -2.14. The van der Waals surface area contributed by atoms with Gasteiger partial charge in [0.2, 0.25) is 0 Å². The van der Waals surface area contributed by atoms with E-state index in [1.54, 1.807) is 0 Å². The first kappa shape index (κ1) is 13.5. The molecular formula is C17H22N2OS. The molecule has 0 unspecified atom stereocenters. The van der Waals surface area contributed by atoms with Crippen LogP contribution in [0.1, 0.15) is 59.6 Å². The van der Waals surface area contributed by atoms with Gasteiger partial charge in [-0.3, -0.25) is 0 Å². The zero-order valence-electron chi connectivity index (χ0n) is 12.6. The van der Waals surface area contributed by atoms with Gasteiger partial charge >= 0.3 is 0 Å². The van der Waals surface area contributed by atoms with E-state index >= 15 is 0 Å². The van der Waals surface area contributed by atoms with E-state index in [2.05, 4.69) is 36.3 Å². The monoisotopic (exact) mass is 302 g/mol. The fourth-order valence-electron chi connectivity index (χ4n) is 3.02. The third kappa shape index (κ3) is 2.92. The summed E-state index contributed by atoms with van der Waals surface area (Å²) in [5.74, 6) is 4.46. The highest BCUT2D eigenvalue weighted by Gasteiger charge is 2.37. The van der Waals surface area contributed by atoms with Crippen molar-refractivity contribution in [3.8, 4) is 0 Å². The third-order valence-electron chi connectivity index (χ3n) is 4.65. The van der Waals surface area contributed by atoms with E-state index in [4.69, 9.17) is 4.42 Å². The Morgan fingerprint density at radius 1 is 1.43 bits per heavy atom. The van der Waals surface area contributed by atoms with Gasteiger partial charge in [-0.15, -0.1) is 11.3 Å². The van der Waals surface area contributed by atoms with Crippen LogP contribution in [-0.2, 0) is 6.54 Å². The molecule has 2 aromatic heterocycles. The topological polar surface area (TPSA) is 38.1 Å². The lowest BCUT2D eigenvalue weighted by molar-refractivity contribution is 0.407. The molecule has 112 valence electrons. The van der Waals surface area contributed by atoms with E-state index in [0.717, 1.165) is 24.1 Å². The van der Waals surface area contributed by atoms with Gasteiger partial charge in [0.05, 0.1) is 12.6 Å². The van der Waals surface area contributed by atoms with Crippen molar-refractivity contribution < 1.29 is 4.42 Å². The molecular weight excluding hydrogens is 280 g/mol. The van der Waals surface area contributed by atoms with Crippen LogP contribution in [0.2, 0.25) is 0 Å². The van der Waals surface area contributed by atoms with Crippen molar-refractivity contribution in [3.63, 3.8) is 0 Å². The minimum Gasteiger partial charge on any atom is -0.464 e. The number of thiazole rings is 1. The van der Waals surface area contributed by atoms with Crippen LogP contribution in [0.3, 0.4) is 0 Å². The Kier molecular flexibility index (Phi) is 3.38. The van der Waals surface area contributed by atoms with Crippen LogP contribution in [0.15, 0.2) is 22.7 Å². The smallest absolute Gasteiger partial charge is 0.117 e. The highest BCUT2D eigenvalue weighted by atomic mass is 32.1. The first-order valence-electron chi connectivity index (χ1n) is 7.95. The zero-order valence-corrected chi connectivity index (χ0v) is 13.5. The number of aryl methyl sites for hydroxylation is 1. The number of hydrogen-bond donors (Lipinski definition) is 1. The second kappa shape index (κ2) is 5.25. The van der Waals surface area contributed by atoms with E-state index in [1.165, 1.54) is 34.9 Å². The van der Waals surface area contributed by atoms with Gasteiger partial charge in [0.15, 0.2) is 0 Å². The van der Waals surface area contributed by atoms with Crippen molar-refractivity contribution >= 4 is 11.3 Å². The van der Waals surface area contributed by atoms with Gasteiger partial charge in [0.1, 0.15) is 16.5 Å². The molecule has 3 nitrogen and oxygen atoms in total. The average Bonchev–Trinajstić information content (AvgIpc) is 3.33. The highest BCUT2D eigenvalue weighted by molar-refractivity contribution is 7.11. The zero-order chi connectivity index (χ0) is 14.4. The van der Waals surface area contributed by atoms with E-state index in [-0.39, 0.29) is 0 Å². The molecule has 21 heavy (non-hydrogen) atoms. The molecule has 4 rings (SSSR count). The molecule has 0 amide bonds. The number of nitrogens with zero attached hydrogens (tertiary/aromatic N) is 1. The predicted molar refractivity (Wildman–Crippen MR) is 84.4 cm³/mol. The Morgan fingerprint density at radius 2 is 2.24 bits per heavy atom. The summed E-state index contributed by atoms with van der Waals surface area (Å²) in [4.78, 5) is 5.86. The van der Waals surface area contributed by atoms with Crippen LogP contribution >= 0.6 is 11.3 Å². The average molecular weight is 302 g/mol. The molecule has 3 atom stereocenters. The molecule has 2 aliphatic rings. The molecule has 2 aliphatic carbocycles. The van der Waals surface area contributed by atoms with Gasteiger partial charge in [-0.1, -0.05) is 6.92 Å². The van der Waals surface area contributed by atoms with E-state index in [9.17, 15) is 0 Å². The van der Waals surface area contributed by atoms with Crippen molar-refractivity contribution in [3.05, 3.63) is 39.7 Å². The minimum atomic E-state index is 0.400. The quantitative estimate of drug-likeness (QED) is 0.859. The Morgan fingerprint density at radius 3 is 2.86 bits per heavy atom. The van der Waals surface area contributed by atoms with Crippen molar-refractivity contribution in [2.75, 3.05) is 0 Å². The number of hydrogen-bond acceptors (Lipinski definition) is 4. The number of nitrogens with one attached hydrogen (secondary N) is 1. The summed E-state index contributed by atoms with van der Waals surface area (Å²) in [6.07, 6.45) is 5.90. The maximum absolute atomic E-state index is 5.99. The SMILES string of the molecule is Cc1cnc([C@H](NCc2ccc([C@H]3C[C@@H]3C)o2)C2CC2)s1. The number of rotatable bonds is 6. The summed E-state index contributed by atoms with van der Waals surface area (Å²) in [6, 6.07) is 4.69. The number of aromatic nitrogens is 1. The van der Waals surface area contributed by atoms with Crippen LogP contribution in [0, 0.1) is 18.8 Å². The summed E-state index contributed by atoms with van der Waals surface area (Å²) in [5, 5.41) is 4.90. The molecule has 2 aromatic rings. The first-order chi connectivity index (χ1) is 10.2. The maximum atomic E-state index is 5.99. The van der Waals surface area contributed by atoms with Gasteiger partial charge in [0.25, 0.3) is 0 Å². The fraction of sp³-hybridized carbons (Fsp3) is 0.588. The first-order valence-corrected chi connectivity index (χ1v) is 8.76. The van der Waals surface area contributed by atoms with Crippen molar-refractivity contribution in [2.24, 2.45) is 11.8 Å². The molecule has 0 spiro atoms. The largest absolute Gasteiger partial charge is 0.464 e. The van der Waals surface area contributed by atoms with E-state index in [1.807, 2.05) is 17.5 Å². The Balaban J connectivity index is 1.41. The van der Waals surface area contributed by atoms with E-state index in [0.29, 0.717) is 12.0 Å². The molecule has 0 aromatic carbocycles. The Bertz CT molecular complexity index is 628. The summed E-state index contributed by atoms with van der Waals surface area (Å²) >= 11 is 1.82. The van der Waals surface area contributed by atoms with Crippen LogP contribution in [0.4, 0.5) is 0 Å². The Labute approximate surface area is 129 Å². The van der Waals surface area contributed by atoms with Gasteiger partial charge in [-0.2, -0.15) is 0 Å². The van der Waals surface area contributed by atoms with Gasteiger partial charge in [-0.25, -0.2) is 4.98 Å². The predicted octanol–water partition coefficient (Wildman–Crippen LogP) is 4.41. The summed E-state index contributed by atoms with van der Waals surface area (Å²) < 4.78 is 5.99. The highest BCUT2D eigenvalue weighted by Crippen LogP contribution is 2.47. The van der Waals surface area contributed by atoms with Crippen LogP contribution in [0.5, 0.6) is 0 Å². The van der Waals surface area contributed by atoms with Crippen LogP contribution in [0.25, 0.3) is 0 Å². The molecule has 2 heterocycles. The second-order valence-electron chi connectivity index (χ2n) is 6.63.